The van der Waals surface area contributed by atoms with E-state index in [1.807, 2.05) is 4.90 Å². The van der Waals surface area contributed by atoms with Gasteiger partial charge >= 0.3 is 0 Å². The van der Waals surface area contributed by atoms with Gasteiger partial charge < -0.3 is 10.2 Å². The number of carbonyl (C=O) groups excluding carboxylic acids is 2. The second-order valence-corrected chi connectivity index (χ2v) is 7.00. The lowest BCUT2D eigenvalue weighted by Gasteiger charge is -2.24. The Morgan fingerprint density at radius 2 is 1.87 bits per heavy atom. The predicted octanol–water partition coefficient (Wildman–Crippen LogP) is 2.79. The first-order valence-electron chi connectivity index (χ1n) is 8.75. The van der Waals surface area contributed by atoms with Crippen LogP contribution in [0.3, 0.4) is 0 Å². The molecule has 2 fully saturated rings. The quantitative estimate of drug-likeness (QED) is 0.929. The van der Waals surface area contributed by atoms with E-state index in [-0.39, 0.29) is 17.7 Å². The van der Waals surface area contributed by atoms with Crippen LogP contribution in [0.25, 0.3) is 0 Å². The number of hydrogen-bond donors (Lipinski definition) is 1. The van der Waals surface area contributed by atoms with E-state index in [1.54, 1.807) is 0 Å². The zero-order valence-electron chi connectivity index (χ0n) is 13.9. The van der Waals surface area contributed by atoms with Gasteiger partial charge in [-0.05, 0) is 25.3 Å². The minimum atomic E-state index is -0.185. The summed E-state index contributed by atoms with van der Waals surface area (Å²) in [6.07, 6.45) is 6.20. The van der Waals surface area contributed by atoms with Crippen molar-refractivity contribution in [3.05, 3.63) is 35.4 Å². The topological polar surface area (TPSA) is 49.4 Å². The van der Waals surface area contributed by atoms with Crippen LogP contribution in [0, 0.1) is 12.8 Å². The molecule has 0 bridgehead atoms. The minimum absolute atomic E-state index is 0.0663. The number of nitrogens with zero attached hydrogens (tertiary/aromatic N) is 1. The summed E-state index contributed by atoms with van der Waals surface area (Å²) in [6, 6.07) is 8.54. The lowest BCUT2D eigenvalue weighted by Crippen LogP contribution is -2.40. The van der Waals surface area contributed by atoms with E-state index in [0.29, 0.717) is 25.6 Å². The molecule has 0 radical (unpaired) electrons. The number of likely N-dealkylation sites (tertiary alicyclic amines) is 1. The van der Waals surface area contributed by atoms with Gasteiger partial charge in [0, 0.05) is 25.6 Å². The smallest absolute Gasteiger partial charge is 0.225 e. The molecule has 3 rings (SSSR count). The molecule has 4 heteroatoms. The van der Waals surface area contributed by atoms with Crippen LogP contribution in [-0.4, -0.2) is 29.3 Å². The van der Waals surface area contributed by atoms with E-state index in [0.717, 1.165) is 18.4 Å². The Balaban J connectivity index is 1.54. The molecule has 1 aliphatic carbocycles. The Morgan fingerprint density at radius 3 is 2.57 bits per heavy atom. The average Bonchev–Trinajstić information content (AvgIpc) is 2.92. The van der Waals surface area contributed by atoms with Crippen LogP contribution < -0.4 is 5.32 Å². The monoisotopic (exact) mass is 314 g/mol. The van der Waals surface area contributed by atoms with Crippen LogP contribution in [0.1, 0.15) is 49.7 Å². The van der Waals surface area contributed by atoms with Crippen molar-refractivity contribution in [1.29, 1.82) is 0 Å². The standard InChI is InChI=1S/C19H26N2O2/c1-14-7-9-15(10-8-14)12-21-13-16(11-18(21)22)19(23)20-17-5-3-2-4-6-17/h7-10,16-17H,2-6,11-13H2,1H3,(H,20,23)/t16-/m0/s1. The van der Waals surface area contributed by atoms with Crippen LogP contribution in [0.4, 0.5) is 0 Å². The molecule has 1 aromatic rings. The molecule has 2 amide bonds. The first-order chi connectivity index (χ1) is 11.1. The maximum Gasteiger partial charge on any atom is 0.225 e. The maximum absolute atomic E-state index is 12.4. The van der Waals surface area contributed by atoms with Crippen LogP contribution >= 0.6 is 0 Å². The molecule has 1 saturated heterocycles. The van der Waals surface area contributed by atoms with Gasteiger partial charge in [0.25, 0.3) is 0 Å². The van der Waals surface area contributed by atoms with Gasteiger partial charge in [0.2, 0.25) is 11.8 Å². The second-order valence-electron chi connectivity index (χ2n) is 7.00. The summed E-state index contributed by atoms with van der Waals surface area (Å²) in [5.74, 6) is -0.0269. The fourth-order valence-corrected chi connectivity index (χ4v) is 3.58. The molecule has 1 aromatic carbocycles. The molecule has 23 heavy (non-hydrogen) atoms. The second kappa shape index (κ2) is 7.16. The van der Waals surface area contributed by atoms with Gasteiger partial charge in [0.1, 0.15) is 0 Å². The molecule has 2 aliphatic rings. The van der Waals surface area contributed by atoms with Crippen LogP contribution in [0.2, 0.25) is 0 Å². The minimum Gasteiger partial charge on any atom is -0.353 e. The molecule has 124 valence electrons. The molecule has 1 atom stereocenters. The highest BCUT2D eigenvalue weighted by molar-refractivity contribution is 5.89. The molecule has 1 heterocycles. The third-order valence-electron chi connectivity index (χ3n) is 5.03. The summed E-state index contributed by atoms with van der Waals surface area (Å²) in [7, 11) is 0. The van der Waals surface area contributed by atoms with Crippen molar-refractivity contribution in [2.75, 3.05) is 6.54 Å². The highest BCUT2D eigenvalue weighted by Crippen LogP contribution is 2.22. The summed E-state index contributed by atoms with van der Waals surface area (Å²) < 4.78 is 0. The first-order valence-corrected chi connectivity index (χ1v) is 8.75. The summed E-state index contributed by atoms with van der Waals surface area (Å²) >= 11 is 0. The predicted molar refractivity (Wildman–Crippen MR) is 89.7 cm³/mol. The van der Waals surface area contributed by atoms with Crippen LogP contribution in [-0.2, 0) is 16.1 Å². The van der Waals surface area contributed by atoms with E-state index in [9.17, 15) is 9.59 Å². The summed E-state index contributed by atoms with van der Waals surface area (Å²) in [5, 5.41) is 3.16. The highest BCUT2D eigenvalue weighted by Gasteiger charge is 2.35. The lowest BCUT2D eigenvalue weighted by molar-refractivity contribution is -0.129. The largest absolute Gasteiger partial charge is 0.353 e. The van der Waals surface area contributed by atoms with Gasteiger partial charge in [0.05, 0.1) is 5.92 Å². The van der Waals surface area contributed by atoms with Gasteiger partial charge in [-0.3, -0.25) is 9.59 Å². The molecule has 4 nitrogen and oxygen atoms in total. The molecule has 0 unspecified atom stereocenters. The van der Waals surface area contributed by atoms with E-state index in [4.69, 9.17) is 0 Å². The van der Waals surface area contributed by atoms with Gasteiger partial charge in [-0.25, -0.2) is 0 Å². The molecule has 0 aromatic heterocycles. The molecule has 1 N–H and O–H groups in total. The number of carbonyl (C=O) groups is 2. The summed E-state index contributed by atoms with van der Waals surface area (Å²) in [6.45, 7) is 3.20. The van der Waals surface area contributed by atoms with Crippen molar-refractivity contribution in [2.24, 2.45) is 5.92 Å². The number of nitrogens with one attached hydrogen (secondary N) is 1. The fourth-order valence-electron chi connectivity index (χ4n) is 3.58. The highest BCUT2D eigenvalue weighted by atomic mass is 16.2. The number of hydrogen-bond acceptors (Lipinski definition) is 2. The average molecular weight is 314 g/mol. The SMILES string of the molecule is Cc1ccc(CN2C[C@@H](C(=O)NC3CCCCC3)CC2=O)cc1. The molecule has 1 aliphatic heterocycles. The van der Waals surface area contributed by atoms with Gasteiger partial charge in [0.15, 0.2) is 0 Å². The summed E-state index contributed by atoms with van der Waals surface area (Å²) in [4.78, 5) is 26.4. The number of aryl methyl sites for hydroxylation is 1. The van der Waals surface area contributed by atoms with Gasteiger partial charge in [-0.15, -0.1) is 0 Å². The first kappa shape index (κ1) is 16.0. The third-order valence-corrected chi connectivity index (χ3v) is 5.03. The van der Waals surface area contributed by atoms with Gasteiger partial charge in [-0.2, -0.15) is 0 Å². The van der Waals surface area contributed by atoms with Crippen molar-refractivity contribution < 1.29 is 9.59 Å². The Morgan fingerprint density at radius 1 is 1.17 bits per heavy atom. The zero-order chi connectivity index (χ0) is 16.2. The van der Waals surface area contributed by atoms with Crippen LogP contribution in [0.15, 0.2) is 24.3 Å². The molecule has 1 saturated carbocycles. The van der Waals surface area contributed by atoms with Crippen LogP contribution in [0.5, 0.6) is 0 Å². The normalized spacial score (nSPS) is 22.4. The van der Waals surface area contributed by atoms with E-state index < -0.39 is 0 Å². The Hall–Kier alpha value is -1.84. The number of rotatable bonds is 4. The van der Waals surface area contributed by atoms with E-state index in [1.165, 1.54) is 24.8 Å². The number of amides is 2. The fraction of sp³-hybridized carbons (Fsp3) is 0.579. The maximum atomic E-state index is 12.4. The third kappa shape index (κ3) is 4.12. The van der Waals surface area contributed by atoms with Crippen molar-refractivity contribution >= 4 is 11.8 Å². The Labute approximate surface area is 138 Å². The lowest BCUT2D eigenvalue weighted by atomic mass is 9.95. The van der Waals surface area contributed by atoms with Crippen molar-refractivity contribution in [3.63, 3.8) is 0 Å². The van der Waals surface area contributed by atoms with E-state index >= 15 is 0 Å². The zero-order valence-corrected chi connectivity index (χ0v) is 13.9. The molecular weight excluding hydrogens is 288 g/mol. The van der Waals surface area contributed by atoms with Crippen molar-refractivity contribution in [1.82, 2.24) is 10.2 Å². The van der Waals surface area contributed by atoms with Crippen molar-refractivity contribution in [2.45, 2.75) is 58.0 Å². The molecule has 0 spiro atoms. The van der Waals surface area contributed by atoms with Gasteiger partial charge in [-0.1, -0.05) is 49.1 Å². The van der Waals surface area contributed by atoms with Crippen molar-refractivity contribution in [3.8, 4) is 0 Å². The molecular formula is C19H26N2O2. The number of benzene rings is 1. The Kier molecular flexibility index (Phi) is 4.99. The summed E-state index contributed by atoms with van der Waals surface area (Å²) in [5.41, 5.74) is 2.34. The van der Waals surface area contributed by atoms with E-state index in [2.05, 4.69) is 36.5 Å². The Bertz CT molecular complexity index is 561.